The van der Waals surface area contributed by atoms with Gasteiger partial charge in [0.25, 0.3) is 5.91 Å². The molecule has 0 aliphatic carbocycles. The van der Waals surface area contributed by atoms with E-state index in [4.69, 9.17) is 27.9 Å². The molecule has 21 heavy (non-hydrogen) atoms. The molecular formula is C16H15Cl2NO2. The van der Waals surface area contributed by atoms with Gasteiger partial charge in [-0.1, -0.05) is 35.3 Å². The van der Waals surface area contributed by atoms with Gasteiger partial charge >= 0.3 is 0 Å². The molecule has 0 bridgehead atoms. The van der Waals surface area contributed by atoms with E-state index in [9.17, 15) is 4.79 Å². The highest BCUT2D eigenvalue weighted by atomic mass is 35.5. The third kappa shape index (κ3) is 4.38. The van der Waals surface area contributed by atoms with Gasteiger partial charge in [-0.2, -0.15) is 0 Å². The molecule has 2 aromatic carbocycles. The average molecular weight is 324 g/mol. The largest absolute Gasteiger partial charge is 0.494 e. The van der Waals surface area contributed by atoms with Gasteiger partial charge in [0, 0.05) is 11.6 Å². The van der Waals surface area contributed by atoms with Crippen molar-refractivity contribution in [3.8, 4) is 5.75 Å². The maximum absolute atomic E-state index is 12.1. The standard InChI is InChI=1S/C16H15Cl2NO2/c1-2-21-13-5-3-4-11(8-13)10-19-16(20)14-7-6-12(17)9-15(14)18/h3-9H,2,10H2,1H3,(H,19,20). The second-order valence-electron chi connectivity index (χ2n) is 4.39. The van der Waals surface area contributed by atoms with Crippen LogP contribution < -0.4 is 10.1 Å². The van der Waals surface area contributed by atoms with E-state index in [-0.39, 0.29) is 5.91 Å². The zero-order chi connectivity index (χ0) is 15.2. The van der Waals surface area contributed by atoms with Gasteiger partial charge in [0.15, 0.2) is 0 Å². The summed E-state index contributed by atoms with van der Waals surface area (Å²) in [5.41, 5.74) is 1.36. The molecule has 0 radical (unpaired) electrons. The van der Waals surface area contributed by atoms with Crippen LogP contribution >= 0.6 is 23.2 Å². The minimum absolute atomic E-state index is 0.238. The Bertz CT molecular complexity index is 644. The molecule has 0 aromatic heterocycles. The highest BCUT2D eigenvalue weighted by Gasteiger charge is 2.10. The van der Waals surface area contributed by atoms with Crippen LogP contribution in [0.1, 0.15) is 22.8 Å². The van der Waals surface area contributed by atoms with E-state index in [1.807, 2.05) is 31.2 Å². The summed E-state index contributed by atoms with van der Waals surface area (Å²) in [7, 11) is 0. The molecule has 5 heteroatoms. The van der Waals surface area contributed by atoms with E-state index in [1.54, 1.807) is 18.2 Å². The van der Waals surface area contributed by atoms with Crippen LogP contribution in [0.25, 0.3) is 0 Å². The number of carbonyl (C=O) groups excluding carboxylic acids is 1. The van der Waals surface area contributed by atoms with E-state index < -0.39 is 0 Å². The SMILES string of the molecule is CCOc1cccc(CNC(=O)c2ccc(Cl)cc2Cl)c1. The summed E-state index contributed by atoms with van der Waals surface area (Å²) in [6, 6.07) is 12.4. The number of nitrogens with one attached hydrogen (secondary N) is 1. The Hall–Kier alpha value is -1.71. The van der Waals surface area contributed by atoms with Gasteiger partial charge in [-0.05, 0) is 42.8 Å². The maximum Gasteiger partial charge on any atom is 0.253 e. The summed E-state index contributed by atoms with van der Waals surface area (Å²) in [6.45, 7) is 2.94. The Kier molecular flexibility index (Phi) is 5.48. The van der Waals surface area contributed by atoms with Gasteiger partial charge in [0.2, 0.25) is 0 Å². The Morgan fingerprint density at radius 1 is 1.19 bits per heavy atom. The molecule has 1 amide bonds. The van der Waals surface area contributed by atoms with Gasteiger partial charge < -0.3 is 10.1 Å². The fourth-order valence-corrected chi connectivity index (χ4v) is 2.36. The first-order chi connectivity index (χ1) is 10.1. The van der Waals surface area contributed by atoms with Gasteiger partial charge in [-0.25, -0.2) is 0 Å². The van der Waals surface area contributed by atoms with Crippen LogP contribution in [0.5, 0.6) is 5.75 Å². The van der Waals surface area contributed by atoms with Crippen LogP contribution in [0.2, 0.25) is 10.0 Å². The van der Waals surface area contributed by atoms with Crippen molar-refractivity contribution in [1.82, 2.24) is 5.32 Å². The number of benzene rings is 2. The lowest BCUT2D eigenvalue weighted by molar-refractivity contribution is 0.0951. The summed E-state index contributed by atoms with van der Waals surface area (Å²) in [6.07, 6.45) is 0. The van der Waals surface area contributed by atoms with Crippen molar-refractivity contribution in [1.29, 1.82) is 0 Å². The number of hydrogen-bond donors (Lipinski definition) is 1. The van der Waals surface area contributed by atoms with Crippen molar-refractivity contribution in [3.05, 3.63) is 63.6 Å². The second kappa shape index (κ2) is 7.34. The number of hydrogen-bond acceptors (Lipinski definition) is 2. The molecule has 0 unspecified atom stereocenters. The van der Waals surface area contributed by atoms with Crippen LogP contribution in [-0.4, -0.2) is 12.5 Å². The zero-order valence-corrected chi connectivity index (χ0v) is 13.0. The lowest BCUT2D eigenvalue weighted by Crippen LogP contribution is -2.23. The second-order valence-corrected chi connectivity index (χ2v) is 5.23. The van der Waals surface area contributed by atoms with Crippen LogP contribution in [-0.2, 0) is 6.54 Å². The third-order valence-corrected chi connectivity index (χ3v) is 3.39. The first-order valence-corrected chi connectivity index (χ1v) is 7.30. The maximum atomic E-state index is 12.1. The molecule has 1 N–H and O–H groups in total. The Balaban J connectivity index is 2.02. The molecule has 3 nitrogen and oxygen atoms in total. The normalized spacial score (nSPS) is 10.2. The molecule has 2 aromatic rings. The predicted octanol–water partition coefficient (Wildman–Crippen LogP) is 4.32. The number of halogens is 2. The molecule has 0 aliphatic rings. The first kappa shape index (κ1) is 15.7. The van der Waals surface area contributed by atoms with Crippen molar-refractivity contribution >= 4 is 29.1 Å². The molecule has 2 rings (SSSR count). The lowest BCUT2D eigenvalue weighted by atomic mass is 10.2. The third-order valence-electron chi connectivity index (χ3n) is 2.84. The Labute approximate surface area is 133 Å². The molecule has 0 fully saturated rings. The molecule has 110 valence electrons. The number of rotatable bonds is 5. The van der Waals surface area contributed by atoms with Crippen molar-refractivity contribution < 1.29 is 9.53 Å². The zero-order valence-electron chi connectivity index (χ0n) is 11.5. The quantitative estimate of drug-likeness (QED) is 0.889. The van der Waals surface area contributed by atoms with Crippen molar-refractivity contribution in [2.24, 2.45) is 0 Å². The van der Waals surface area contributed by atoms with Crippen LogP contribution in [0.3, 0.4) is 0 Å². The van der Waals surface area contributed by atoms with Crippen molar-refractivity contribution in [2.75, 3.05) is 6.61 Å². The minimum Gasteiger partial charge on any atom is -0.494 e. The monoisotopic (exact) mass is 323 g/mol. The van der Waals surface area contributed by atoms with E-state index in [2.05, 4.69) is 5.32 Å². The molecule has 0 spiro atoms. The molecule has 0 heterocycles. The van der Waals surface area contributed by atoms with Crippen LogP contribution in [0.15, 0.2) is 42.5 Å². The van der Waals surface area contributed by atoms with E-state index >= 15 is 0 Å². The van der Waals surface area contributed by atoms with Gasteiger partial charge in [-0.15, -0.1) is 0 Å². The summed E-state index contributed by atoms with van der Waals surface area (Å²) < 4.78 is 5.42. The molecule has 0 aliphatic heterocycles. The summed E-state index contributed by atoms with van der Waals surface area (Å²) in [5, 5.41) is 3.66. The highest BCUT2D eigenvalue weighted by molar-refractivity contribution is 6.36. The molecule has 0 saturated carbocycles. The molecule has 0 saturated heterocycles. The van der Waals surface area contributed by atoms with Gasteiger partial charge in [0.05, 0.1) is 17.2 Å². The fourth-order valence-electron chi connectivity index (χ4n) is 1.86. The highest BCUT2D eigenvalue weighted by Crippen LogP contribution is 2.21. The summed E-state index contributed by atoms with van der Waals surface area (Å²) in [4.78, 5) is 12.1. The average Bonchev–Trinajstić information content (AvgIpc) is 2.45. The minimum atomic E-state index is -0.238. The fraction of sp³-hybridized carbons (Fsp3) is 0.188. The predicted molar refractivity (Wildman–Crippen MR) is 85.2 cm³/mol. The summed E-state index contributed by atoms with van der Waals surface area (Å²) in [5.74, 6) is 0.548. The van der Waals surface area contributed by atoms with Gasteiger partial charge in [0.1, 0.15) is 5.75 Å². The summed E-state index contributed by atoms with van der Waals surface area (Å²) >= 11 is 11.8. The Morgan fingerprint density at radius 2 is 2.00 bits per heavy atom. The van der Waals surface area contributed by atoms with Crippen molar-refractivity contribution in [2.45, 2.75) is 13.5 Å². The number of amides is 1. The van der Waals surface area contributed by atoms with Crippen LogP contribution in [0, 0.1) is 0 Å². The van der Waals surface area contributed by atoms with Crippen LogP contribution in [0.4, 0.5) is 0 Å². The number of ether oxygens (including phenoxy) is 1. The van der Waals surface area contributed by atoms with E-state index in [0.717, 1.165) is 11.3 Å². The van der Waals surface area contributed by atoms with Gasteiger partial charge in [-0.3, -0.25) is 4.79 Å². The smallest absolute Gasteiger partial charge is 0.253 e. The van der Waals surface area contributed by atoms with E-state index in [1.165, 1.54) is 0 Å². The topological polar surface area (TPSA) is 38.3 Å². The van der Waals surface area contributed by atoms with E-state index in [0.29, 0.717) is 28.8 Å². The molecular weight excluding hydrogens is 309 g/mol. The van der Waals surface area contributed by atoms with Crippen molar-refractivity contribution in [3.63, 3.8) is 0 Å². The lowest BCUT2D eigenvalue weighted by Gasteiger charge is -2.09. The first-order valence-electron chi connectivity index (χ1n) is 6.55. The number of carbonyl (C=O) groups is 1. The Morgan fingerprint density at radius 3 is 2.71 bits per heavy atom. The molecule has 0 atom stereocenters.